The second kappa shape index (κ2) is 4.08. The van der Waals surface area contributed by atoms with Crippen molar-refractivity contribution in [1.29, 1.82) is 0 Å². The van der Waals surface area contributed by atoms with Crippen molar-refractivity contribution in [3.63, 3.8) is 0 Å². The summed E-state index contributed by atoms with van der Waals surface area (Å²) in [7, 11) is 1.36. The van der Waals surface area contributed by atoms with E-state index in [1.807, 2.05) is 0 Å². The average Bonchev–Trinajstić information content (AvgIpc) is 2.64. The minimum atomic E-state index is -4.60. The molecule has 0 aliphatic rings. The Balaban J connectivity index is 2.60. The van der Waals surface area contributed by atoms with Crippen molar-refractivity contribution in [3.05, 3.63) is 35.5 Å². The van der Waals surface area contributed by atoms with Crippen molar-refractivity contribution in [2.24, 2.45) is 7.05 Å². The molecule has 96 valence electrons. The molecule has 0 aromatic carbocycles. The van der Waals surface area contributed by atoms with Gasteiger partial charge in [-0.1, -0.05) is 0 Å². The zero-order valence-electron chi connectivity index (χ0n) is 9.59. The van der Waals surface area contributed by atoms with Crippen molar-refractivity contribution in [2.75, 3.05) is 0 Å². The van der Waals surface area contributed by atoms with Crippen LogP contribution in [-0.4, -0.2) is 14.8 Å². The maximum atomic E-state index is 13.4. The highest BCUT2D eigenvalue weighted by Gasteiger charge is 2.37. The maximum absolute atomic E-state index is 13.4. The summed E-state index contributed by atoms with van der Waals surface area (Å²) in [5.74, 6) is -0.600. The molecule has 3 nitrogen and oxygen atoms in total. The van der Waals surface area contributed by atoms with Crippen molar-refractivity contribution in [3.8, 4) is 11.3 Å². The third-order valence-corrected chi connectivity index (χ3v) is 2.41. The van der Waals surface area contributed by atoms with Crippen molar-refractivity contribution < 1.29 is 17.6 Å². The highest BCUT2D eigenvalue weighted by molar-refractivity contribution is 5.62. The molecule has 2 heterocycles. The molecule has 2 aromatic rings. The summed E-state index contributed by atoms with van der Waals surface area (Å²) in [6.45, 7) is 1.49. The quantitative estimate of drug-likeness (QED) is 0.737. The van der Waals surface area contributed by atoms with Crippen LogP contribution in [0.5, 0.6) is 0 Å². The molecule has 0 radical (unpaired) electrons. The van der Waals surface area contributed by atoms with E-state index in [9.17, 15) is 17.6 Å². The molecule has 0 spiro atoms. The molecule has 7 heteroatoms. The second-order valence-corrected chi connectivity index (χ2v) is 3.88. The number of halogens is 4. The van der Waals surface area contributed by atoms with Gasteiger partial charge in [0.2, 0.25) is 0 Å². The SMILES string of the molecule is Cc1cnc(-c2cn(C)nc2C(F)(F)F)cc1F. The van der Waals surface area contributed by atoms with E-state index < -0.39 is 17.7 Å². The van der Waals surface area contributed by atoms with Crippen LogP contribution in [0.2, 0.25) is 0 Å². The van der Waals surface area contributed by atoms with Crippen LogP contribution in [0.15, 0.2) is 18.5 Å². The van der Waals surface area contributed by atoms with Crippen LogP contribution in [-0.2, 0) is 13.2 Å². The van der Waals surface area contributed by atoms with Gasteiger partial charge in [-0.2, -0.15) is 18.3 Å². The lowest BCUT2D eigenvalue weighted by molar-refractivity contribution is -0.141. The fourth-order valence-corrected chi connectivity index (χ4v) is 1.53. The molecule has 0 aliphatic carbocycles. The topological polar surface area (TPSA) is 30.7 Å². The van der Waals surface area contributed by atoms with Crippen LogP contribution in [0.3, 0.4) is 0 Å². The molecule has 0 fully saturated rings. The Bertz CT molecular complexity index is 586. The molecule has 0 saturated carbocycles. The minimum Gasteiger partial charge on any atom is -0.275 e. The normalized spacial score (nSPS) is 11.9. The summed E-state index contributed by atoms with van der Waals surface area (Å²) < 4.78 is 52.6. The summed E-state index contributed by atoms with van der Waals surface area (Å²) in [5.41, 5.74) is -1.11. The molecule has 0 saturated heterocycles. The van der Waals surface area contributed by atoms with Gasteiger partial charge in [0, 0.05) is 31.1 Å². The lowest BCUT2D eigenvalue weighted by Gasteiger charge is -2.06. The Hall–Kier alpha value is -1.92. The van der Waals surface area contributed by atoms with Gasteiger partial charge in [-0.25, -0.2) is 4.39 Å². The first-order valence-corrected chi connectivity index (χ1v) is 5.02. The predicted molar refractivity (Wildman–Crippen MR) is 56.1 cm³/mol. The zero-order chi connectivity index (χ0) is 13.5. The van der Waals surface area contributed by atoms with Crippen LogP contribution >= 0.6 is 0 Å². The Morgan fingerprint density at radius 2 is 1.94 bits per heavy atom. The van der Waals surface area contributed by atoms with Gasteiger partial charge in [0.1, 0.15) is 5.82 Å². The maximum Gasteiger partial charge on any atom is 0.435 e. The third kappa shape index (κ3) is 2.20. The van der Waals surface area contributed by atoms with E-state index in [0.717, 1.165) is 10.7 Å². The van der Waals surface area contributed by atoms with Crippen molar-refractivity contribution >= 4 is 0 Å². The molecular formula is C11H9F4N3. The summed E-state index contributed by atoms with van der Waals surface area (Å²) in [6.07, 6.45) is -2.24. The number of aromatic nitrogens is 3. The van der Waals surface area contributed by atoms with E-state index in [0.29, 0.717) is 0 Å². The molecule has 0 aliphatic heterocycles. The smallest absolute Gasteiger partial charge is 0.275 e. The van der Waals surface area contributed by atoms with Gasteiger partial charge in [-0.3, -0.25) is 9.67 Å². The summed E-state index contributed by atoms with van der Waals surface area (Å²) in [6, 6.07) is 0.974. The Labute approximate surface area is 100 Å². The lowest BCUT2D eigenvalue weighted by atomic mass is 10.1. The van der Waals surface area contributed by atoms with Gasteiger partial charge in [0.25, 0.3) is 0 Å². The minimum absolute atomic E-state index is 0.0847. The lowest BCUT2D eigenvalue weighted by Crippen LogP contribution is -2.08. The molecule has 0 N–H and O–H groups in total. The first kappa shape index (κ1) is 12.5. The molecule has 0 bridgehead atoms. The number of pyridine rings is 1. The van der Waals surface area contributed by atoms with Gasteiger partial charge in [0.15, 0.2) is 5.69 Å². The van der Waals surface area contributed by atoms with Crippen LogP contribution in [0, 0.1) is 12.7 Å². The molecule has 2 aromatic heterocycles. The second-order valence-electron chi connectivity index (χ2n) is 3.88. The summed E-state index contributed by atoms with van der Waals surface area (Å²) >= 11 is 0. The molecule has 0 unspecified atom stereocenters. The van der Waals surface area contributed by atoms with Crippen LogP contribution < -0.4 is 0 Å². The first-order valence-electron chi connectivity index (χ1n) is 5.02. The van der Waals surface area contributed by atoms with E-state index in [4.69, 9.17) is 0 Å². The zero-order valence-corrected chi connectivity index (χ0v) is 9.59. The fraction of sp³-hybridized carbons (Fsp3) is 0.273. The number of aryl methyl sites for hydroxylation is 2. The summed E-state index contributed by atoms with van der Waals surface area (Å²) in [5, 5.41) is 3.34. The molecular weight excluding hydrogens is 250 g/mol. The van der Waals surface area contributed by atoms with Gasteiger partial charge in [-0.05, 0) is 6.92 Å². The van der Waals surface area contributed by atoms with Crippen LogP contribution in [0.4, 0.5) is 17.6 Å². The van der Waals surface area contributed by atoms with Gasteiger partial charge < -0.3 is 0 Å². The number of hydrogen-bond donors (Lipinski definition) is 0. The van der Waals surface area contributed by atoms with Crippen LogP contribution in [0.25, 0.3) is 11.3 Å². The van der Waals surface area contributed by atoms with E-state index in [1.165, 1.54) is 26.4 Å². The Kier molecular flexibility index (Phi) is 2.84. The predicted octanol–water partition coefficient (Wildman–Crippen LogP) is 2.95. The third-order valence-electron chi connectivity index (χ3n) is 2.41. The molecule has 2 rings (SSSR count). The van der Waals surface area contributed by atoms with Gasteiger partial charge >= 0.3 is 6.18 Å². The average molecular weight is 259 g/mol. The number of nitrogens with zero attached hydrogens (tertiary/aromatic N) is 3. The summed E-state index contributed by atoms with van der Waals surface area (Å²) in [4.78, 5) is 3.80. The van der Waals surface area contributed by atoms with Crippen molar-refractivity contribution in [1.82, 2.24) is 14.8 Å². The van der Waals surface area contributed by atoms with E-state index in [1.54, 1.807) is 0 Å². The van der Waals surface area contributed by atoms with E-state index in [2.05, 4.69) is 10.1 Å². The number of alkyl halides is 3. The Morgan fingerprint density at radius 1 is 1.28 bits per heavy atom. The highest BCUT2D eigenvalue weighted by Crippen LogP contribution is 2.35. The Morgan fingerprint density at radius 3 is 2.50 bits per heavy atom. The monoisotopic (exact) mass is 259 g/mol. The van der Waals surface area contributed by atoms with Crippen molar-refractivity contribution in [2.45, 2.75) is 13.1 Å². The first-order chi connectivity index (χ1) is 8.29. The van der Waals surface area contributed by atoms with Gasteiger partial charge in [-0.15, -0.1) is 0 Å². The molecule has 0 amide bonds. The number of rotatable bonds is 1. The van der Waals surface area contributed by atoms with Crippen LogP contribution in [0.1, 0.15) is 11.3 Å². The molecule has 0 atom stereocenters. The van der Waals surface area contributed by atoms with Gasteiger partial charge in [0.05, 0.1) is 11.3 Å². The number of hydrogen-bond acceptors (Lipinski definition) is 2. The standard InChI is InChI=1S/C11H9F4N3/c1-6-4-16-9(3-8(6)12)7-5-18(2)17-10(7)11(13,14)15/h3-5H,1-2H3. The highest BCUT2D eigenvalue weighted by atomic mass is 19.4. The van der Waals surface area contributed by atoms with E-state index in [-0.39, 0.29) is 16.8 Å². The fourth-order valence-electron chi connectivity index (χ4n) is 1.53. The van der Waals surface area contributed by atoms with E-state index >= 15 is 0 Å². The molecule has 18 heavy (non-hydrogen) atoms. The largest absolute Gasteiger partial charge is 0.435 e.